The lowest BCUT2D eigenvalue weighted by Crippen LogP contribution is -2.49. The summed E-state index contributed by atoms with van der Waals surface area (Å²) < 4.78 is 61.5. The molecule has 30 nitrogen and oxygen atoms in total. The van der Waals surface area contributed by atoms with Crippen molar-refractivity contribution in [1.82, 2.24) is 35.5 Å². The van der Waals surface area contributed by atoms with Crippen molar-refractivity contribution in [1.29, 1.82) is 0 Å². The Balaban J connectivity index is 0.000000540. The monoisotopic (exact) mass is 957 g/mol. The number of rotatable bonds is 26. The number of imidazole rings is 1. The number of aliphatic carboxylic acids is 2. The second kappa shape index (κ2) is 25.1. The molecular weight excluding hydrogens is 907 g/mol. The number of phosphoric acid groups is 3. The average Bonchev–Trinajstić information content (AvgIpc) is 3.71. The Kier molecular flexibility index (Phi) is 22.2. The first kappa shape index (κ1) is 53.8. The van der Waals surface area contributed by atoms with E-state index in [4.69, 9.17) is 56.7 Å². The molecule has 1 aliphatic heterocycles. The van der Waals surface area contributed by atoms with Gasteiger partial charge < -0.3 is 78.7 Å². The maximum absolute atomic E-state index is 13.3. The first-order valence-corrected chi connectivity index (χ1v) is 22.8. The van der Waals surface area contributed by atoms with Crippen LogP contribution in [0.4, 0.5) is 5.82 Å². The quantitative estimate of drug-likeness (QED) is 0.0186. The summed E-state index contributed by atoms with van der Waals surface area (Å²) in [5.41, 5.74) is 22.6. The molecule has 2 aromatic heterocycles. The number of anilines is 1. The SMILES string of the molecule is NCCCCNCCC(N)OP(=O)(OC[C@H]1O[C@@H](n2cnc3c(N)ncnc32)[C@H](O)[C@@H]1O)OP(=O)(O)OP(=O)(O)O.N[C@@H](CCC(=O)N[C@@H](CS)C(=O)NCC(=O)O)C(=O)O. The number of carbonyl (C=O) groups is 4. The number of nitrogens with zero attached hydrogens (tertiary/aromatic N) is 4. The number of aliphatic hydroxyl groups is 2. The lowest BCUT2D eigenvalue weighted by Gasteiger charge is -2.24. The molecule has 34 heteroatoms. The molecule has 0 radical (unpaired) electrons. The predicted octanol–water partition coefficient (Wildman–Crippen LogP) is -3.81. The summed E-state index contributed by atoms with van der Waals surface area (Å²) in [7, 11) is -16.6. The van der Waals surface area contributed by atoms with Crippen LogP contribution in [0.15, 0.2) is 12.7 Å². The minimum atomic E-state index is -5.76. The standard InChI is InChI=1S/C17H33N8O13P3.C10H17N3O6S/c18-4-1-2-5-21-6-3-11(19)36-41(33,38-40(31,32)37-39(28,29)30)34-7-10-13(26)14(27)17(35-10)25-9-24-12-15(20)22-8-23-16(12)25;11-5(10(18)19)1-2-7(14)13-6(4-20)9(17)12-3-8(15)16/h8-11,13-14,17,21,26-27H,1-7,18-19H2,(H,31,32)(H2,20,22,23)(H2,28,29,30);5-6,20H,1-4,11H2,(H,12,17)(H,13,14)(H,15,16)(H,18,19)/t10-,11?,13-,14-,17-,41?;5-,6-/m10/s1. The third-order valence-electron chi connectivity index (χ3n) is 7.73. The number of aromatic nitrogens is 4. The van der Waals surface area contributed by atoms with E-state index < -0.39 is 103 Å². The summed E-state index contributed by atoms with van der Waals surface area (Å²) in [6.07, 6.45) is -3.80. The number of carbonyl (C=O) groups excluding carboxylic acids is 2. The van der Waals surface area contributed by atoms with Gasteiger partial charge in [0, 0.05) is 12.2 Å². The number of carboxylic acids is 2. The fourth-order valence-corrected chi connectivity index (χ4v) is 8.71. The van der Waals surface area contributed by atoms with Gasteiger partial charge in [-0.1, -0.05) is 0 Å². The molecule has 1 fully saturated rings. The second-order valence-corrected chi connectivity index (χ2v) is 17.5. The average molecular weight is 958 g/mol. The molecule has 0 aliphatic carbocycles. The van der Waals surface area contributed by atoms with Gasteiger partial charge in [-0.2, -0.15) is 21.3 Å². The van der Waals surface area contributed by atoms with E-state index in [0.29, 0.717) is 13.1 Å². The van der Waals surface area contributed by atoms with Crippen molar-refractivity contribution in [2.24, 2.45) is 17.2 Å². The van der Waals surface area contributed by atoms with Crippen molar-refractivity contribution in [3.63, 3.8) is 0 Å². The number of unbranched alkanes of at least 4 members (excludes halogenated alkanes) is 1. The lowest BCUT2D eigenvalue weighted by molar-refractivity contribution is -0.139. The number of nitrogens with two attached hydrogens (primary N) is 4. The number of aliphatic hydroxyl groups excluding tert-OH is 2. The number of nitrogens with one attached hydrogen (secondary N) is 3. The van der Waals surface area contributed by atoms with Crippen LogP contribution in [0, 0.1) is 0 Å². The van der Waals surface area contributed by atoms with Gasteiger partial charge in [0.1, 0.15) is 55.0 Å². The Morgan fingerprint density at radius 2 is 1.67 bits per heavy atom. The molecule has 0 spiro atoms. The van der Waals surface area contributed by atoms with Gasteiger partial charge in [0.2, 0.25) is 11.8 Å². The van der Waals surface area contributed by atoms with Gasteiger partial charge >= 0.3 is 35.4 Å². The summed E-state index contributed by atoms with van der Waals surface area (Å²) in [6.45, 7) is -0.119. The van der Waals surface area contributed by atoms with Gasteiger partial charge in [-0.25, -0.2) is 28.6 Å². The molecule has 3 rings (SSSR count). The highest BCUT2D eigenvalue weighted by Gasteiger charge is 2.48. The molecule has 0 aromatic carbocycles. The Labute approximate surface area is 351 Å². The molecule has 61 heavy (non-hydrogen) atoms. The van der Waals surface area contributed by atoms with E-state index in [-0.39, 0.29) is 48.5 Å². The summed E-state index contributed by atoms with van der Waals surface area (Å²) in [5.74, 6) is -3.66. The van der Waals surface area contributed by atoms with Gasteiger partial charge in [-0.3, -0.25) is 32.8 Å². The van der Waals surface area contributed by atoms with Crippen LogP contribution in [0.5, 0.6) is 0 Å². The Bertz CT molecular complexity index is 1910. The van der Waals surface area contributed by atoms with Gasteiger partial charge in [0.05, 0.1) is 12.9 Å². The van der Waals surface area contributed by atoms with Crippen molar-refractivity contribution in [3.8, 4) is 0 Å². The fourth-order valence-electron chi connectivity index (χ4n) is 4.81. The van der Waals surface area contributed by atoms with Crippen LogP contribution in [-0.4, -0.2) is 154 Å². The number of thiol groups is 1. The largest absolute Gasteiger partial charge is 0.490 e. The van der Waals surface area contributed by atoms with E-state index in [1.54, 1.807) is 0 Å². The van der Waals surface area contributed by atoms with Gasteiger partial charge in [-0.15, -0.1) is 0 Å². The topological polar surface area (TPSA) is 491 Å². The Hall–Kier alpha value is -3.29. The number of amides is 2. The van der Waals surface area contributed by atoms with Crippen molar-refractivity contribution >= 4 is 76.8 Å². The van der Waals surface area contributed by atoms with E-state index in [0.717, 1.165) is 19.2 Å². The summed E-state index contributed by atoms with van der Waals surface area (Å²) in [6, 6.07) is -2.15. The van der Waals surface area contributed by atoms with Crippen LogP contribution in [-0.2, 0) is 55.3 Å². The summed E-state index contributed by atoms with van der Waals surface area (Å²) >= 11 is 3.87. The third kappa shape index (κ3) is 18.9. The Morgan fingerprint density at radius 3 is 2.28 bits per heavy atom. The van der Waals surface area contributed by atoms with E-state index in [1.165, 1.54) is 10.9 Å². The molecule has 2 aromatic rings. The molecule has 1 saturated heterocycles. The molecule has 0 saturated carbocycles. The molecule has 2 amide bonds. The number of hydrogen-bond acceptors (Lipinski definition) is 23. The van der Waals surface area contributed by atoms with Crippen LogP contribution in [0.2, 0.25) is 0 Å². The Morgan fingerprint density at radius 1 is 0.984 bits per heavy atom. The molecule has 1 aliphatic rings. The van der Waals surface area contributed by atoms with E-state index >= 15 is 0 Å². The highest BCUT2D eigenvalue weighted by atomic mass is 32.1. The second-order valence-electron chi connectivity index (χ2n) is 12.6. The number of fused-ring (bicyclic) bond motifs is 1. The molecule has 18 N–H and O–H groups in total. The smallest absolute Gasteiger partial charge is 0.480 e. The third-order valence-corrected chi connectivity index (χ3v) is 12.4. The van der Waals surface area contributed by atoms with Crippen LogP contribution < -0.4 is 38.9 Å². The number of carboxylic acid groups (broad SMARTS) is 2. The highest BCUT2D eigenvalue weighted by molar-refractivity contribution is 7.80. The van der Waals surface area contributed by atoms with Crippen molar-refractivity contribution in [2.75, 3.05) is 44.3 Å². The van der Waals surface area contributed by atoms with E-state index in [9.17, 15) is 48.0 Å². The van der Waals surface area contributed by atoms with Crippen LogP contribution in [0.25, 0.3) is 11.2 Å². The fraction of sp³-hybridized carbons (Fsp3) is 0.667. The highest BCUT2D eigenvalue weighted by Crippen LogP contribution is 2.68. The van der Waals surface area contributed by atoms with Crippen LogP contribution >= 0.6 is 36.1 Å². The number of phosphoric ester groups is 1. The zero-order chi connectivity index (χ0) is 46.1. The zero-order valence-corrected chi connectivity index (χ0v) is 35.5. The lowest BCUT2D eigenvalue weighted by atomic mass is 10.1. The van der Waals surface area contributed by atoms with E-state index in [2.05, 4.69) is 52.2 Å². The van der Waals surface area contributed by atoms with Crippen molar-refractivity contribution in [3.05, 3.63) is 12.7 Å². The maximum atomic E-state index is 13.3. The van der Waals surface area contributed by atoms with Gasteiger partial charge in [0.25, 0.3) is 0 Å². The molecule has 0 bridgehead atoms. The van der Waals surface area contributed by atoms with Crippen LogP contribution in [0.3, 0.4) is 0 Å². The van der Waals surface area contributed by atoms with Crippen molar-refractivity contribution < 1.29 is 90.4 Å². The predicted molar refractivity (Wildman–Crippen MR) is 209 cm³/mol. The number of nitrogen functional groups attached to an aromatic ring is 1. The zero-order valence-electron chi connectivity index (χ0n) is 31.9. The summed E-state index contributed by atoms with van der Waals surface area (Å²) in [5, 5.41) is 45.5. The molecular formula is C27H50N11O19P3S. The van der Waals surface area contributed by atoms with Gasteiger partial charge in [-0.05, 0) is 45.3 Å². The maximum Gasteiger partial charge on any atom is 0.490 e. The molecule has 9 atom stereocenters. The molecule has 3 heterocycles. The summed E-state index contributed by atoms with van der Waals surface area (Å²) in [4.78, 5) is 83.1. The van der Waals surface area contributed by atoms with Crippen LogP contribution in [0.1, 0.15) is 38.3 Å². The minimum absolute atomic E-state index is 0.0174. The first-order chi connectivity index (χ1) is 28.4. The number of hydrogen-bond donors (Lipinski definition) is 15. The van der Waals surface area contributed by atoms with Gasteiger partial charge in [0.15, 0.2) is 17.7 Å². The molecule has 3 unspecified atom stereocenters. The first-order valence-electron chi connectivity index (χ1n) is 17.7. The molecule has 348 valence electrons. The number of ether oxygens (including phenoxy) is 1. The van der Waals surface area contributed by atoms with Crippen molar-refractivity contribution in [2.45, 2.75) is 75.0 Å². The normalized spacial score (nSPS) is 21.3. The minimum Gasteiger partial charge on any atom is -0.480 e. The van der Waals surface area contributed by atoms with E-state index in [1.807, 2.05) is 0 Å².